The monoisotopic (exact) mass is 258 g/mol. The second-order valence-corrected chi connectivity index (χ2v) is 4.17. The summed E-state index contributed by atoms with van der Waals surface area (Å²) in [4.78, 5) is 14.7. The van der Waals surface area contributed by atoms with Crippen LogP contribution in [0.5, 0.6) is 0 Å². The lowest BCUT2D eigenvalue weighted by Gasteiger charge is -2.09. The Morgan fingerprint density at radius 2 is 2.16 bits per heavy atom. The topological polar surface area (TPSA) is 94.1 Å². The zero-order chi connectivity index (χ0) is 13.8. The molecule has 19 heavy (non-hydrogen) atoms. The molecular formula is C13H14N4O2. The quantitative estimate of drug-likeness (QED) is 0.649. The number of benzene rings is 1. The van der Waals surface area contributed by atoms with E-state index in [0.29, 0.717) is 23.6 Å². The van der Waals surface area contributed by atoms with Crippen LogP contribution in [0.15, 0.2) is 36.5 Å². The highest BCUT2D eigenvalue weighted by atomic mass is 16.6. The lowest BCUT2D eigenvalue weighted by molar-refractivity contribution is -0.385. The highest BCUT2D eigenvalue weighted by Gasteiger charge is 2.12. The first-order valence-electron chi connectivity index (χ1n) is 5.76. The molecule has 0 atom stereocenters. The number of hydrogen-bond donors (Lipinski definition) is 2. The maximum absolute atomic E-state index is 10.9. The number of nitro benzene ring substituents is 1. The molecule has 0 unspecified atom stereocenters. The average Bonchev–Trinajstić information content (AvgIpc) is 2.38. The fourth-order valence-corrected chi connectivity index (χ4v) is 1.80. The Labute approximate surface area is 110 Å². The summed E-state index contributed by atoms with van der Waals surface area (Å²) in [5, 5.41) is 14.0. The Balaban J connectivity index is 2.17. The fraction of sp³-hybridized carbons (Fsp3) is 0.154. The molecule has 6 heteroatoms. The van der Waals surface area contributed by atoms with Gasteiger partial charge >= 0.3 is 0 Å². The first kappa shape index (κ1) is 12.8. The Morgan fingerprint density at radius 3 is 2.84 bits per heavy atom. The summed E-state index contributed by atoms with van der Waals surface area (Å²) in [7, 11) is 0. The molecule has 0 spiro atoms. The van der Waals surface area contributed by atoms with Gasteiger partial charge in [-0.2, -0.15) is 0 Å². The third-order valence-corrected chi connectivity index (χ3v) is 2.73. The van der Waals surface area contributed by atoms with Crippen molar-refractivity contribution in [3.63, 3.8) is 0 Å². The minimum atomic E-state index is -0.389. The molecule has 0 fully saturated rings. The summed E-state index contributed by atoms with van der Waals surface area (Å²) >= 11 is 0. The molecule has 0 aliphatic rings. The maximum atomic E-state index is 10.9. The molecule has 1 aromatic heterocycles. The van der Waals surface area contributed by atoms with Crippen molar-refractivity contribution in [2.24, 2.45) is 0 Å². The molecule has 0 bridgehead atoms. The van der Waals surface area contributed by atoms with Gasteiger partial charge < -0.3 is 11.1 Å². The Bertz CT molecular complexity index is 613. The van der Waals surface area contributed by atoms with Crippen LogP contribution in [0.3, 0.4) is 0 Å². The van der Waals surface area contributed by atoms with Gasteiger partial charge in [0.25, 0.3) is 5.69 Å². The molecule has 98 valence electrons. The third kappa shape index (κ3) is 2.98. The highest BCUT2D eigenvalue weighted by Crippen LogP contribution is 2.20. The average molecular weight is 258 g/mol. The Kier molecular flexibility index (Phi) is 3.61. The zero-order valence-corrected chi connectivity index (χ0v) is 10.5. The molecule has 6 nitrogen and oxygen atoms in total. The fourth-order valence-electron chi connectivity index (χ4n) is 1.80. The number of nitrogens with one attached hydrogen (secondary N) is 1. The molecule has 0 saturated heterocycles. The zero-order valence-electron chi connectivity index (χ0n) is 10.5. The number of nitrogen functional groups attached to an aromatic ring is 1. The molecule has 0 radical (unpaired) electrons. The van der Waals surface area contributed by atoms with Gasteiger partial charge in [0.15, 0.2) is 0 Å². The van der Waals surface area contributed by atoms with E-state index in [-0.39, 0.29) is 10.6 Å². The van der Waals surface area contributed by atoms with E-state index in [1.807, 2.05) is 6.92 Å². The molecule has 1 aromatic carbocycles. The number of aromatic nitrogens is 1. The van der Waals surface area contributed by atoms with Crippen molar-refractivity contribution in [1.82, 2.24) is 4.98 Å². The predicted molar refractivity (Wildman–Crippen MR) is 73.8 cm³/mol. The standard InChI is InChI=1S/C13H14N4O2/c1-9-6-11(14)8-16-13(9)15-7-10-4-2-3-5-12(10)17(18)19/h2-6,8H,7,14H2,1H3,(H,15,16). The molecule has 0 saturated carbocycles. The van der Waals surface area contributed by atoms with Gasteiger partial charge in [-0.15, -0.1) is 0 Å². The van der Waals surface area contributed by atoms with Crippen LogP contribution < -0.4 is 11.1 Å². The van der Waals surface area contributed by atoms with E-state index >= 15 is 0 Å². The minimum absolute atomic E-state index is 0.100. The molecular weight excluding hydrogens is 244 g/mol. The van der Waals surface area contributed by atoms with Gasteiger partial charge in [0.05, 0.1) is 16.8 Å². The first-order valence-corrected chi connectivity index (χ1v) is 5.76. The number of pyridine rings is 1. The van der Waals surface area contributed by atoms with Crippen molar-refractivity contribution in [2.45, 2.75) is 13.5 Å². The van der Waals surface area contributed by atoms with Crippen molar-refractivity contribution in [1.29, 1.82) is 0 Å². The molecule has 0 aliphatic heterocycles. The highest BCUT2D eigenvalue weighted by molar-refractivity contribution is 5.52. The summed E-state index contributed by atoms with van der Waals surface area (Å²) in [6, 6.07) is 8.43. The largest absolute Gasteiger partial charge is 0.397 e. The SMILES string of the molecule is Cc1cc(N)cnc1NCc1ccccc1[N+](=O)[O-]. The van der Waals surface area contributed by atoms with E-state index in [9.17, 15) is 10.1 Å². The van der Waals surface area contributed by atoms with Gasteiger partial charge in [0.2, 0.25) is 0 Å². The lowest BCUT2D eigenvalue weighted by Crippen LogP contribution is -2.06. The summed E-state index contributed by atoms with van der Waals surface area (Å²) in [5.41, 5.74) is 7.83. The van der Waals surface area contributed by atoms with Crippen LogP contribution in [0.2, 0.25) is 0 Å². The molecule has 3 N–H and O–H groups in total. The number of hydrogen-bond acceptors (Lipinski definition) is 5. The Morgan fingerprint density at radius 1 is 1.42 bits per heavy atom. The van der Waals surface area contributed by atoms with E-state index in [2.05, 4.69) is 10.3 Å². The lowest BCUT2D eigenvalue weighted by atomic mass is 10.2. The van der Waals surface area contributed by atoms with Gasteiger partial charge in [-0.3, -0.25) is 10.1 Å². The van der Waals surface area contributed by atoms with Crippen molar-refractivity contribution >= 4 is 17.2 Å². The van der Waals surface area contributed by atoms with Gasteiger partial charge in [-0.05, 0) is 18.6 Å². The van der Waals surface area contributed by atoms with Crippen LogP contribution >= 0.6 is 0 Å². The van der Waals surface area contributed by atoms with E-state index in [4.69, 9.17) is 5.73 Å². The summed E-state index contributed by atoms with van der Waals surface area (Å²) in [6.45, 7) is 2.22. The minimum Gasteiger partial charge on any atom is -0.397 e. The van der Waals surface area contributed by atoms with Gasteiger partial charge in [0.1, 0.15) is 5.82 Å². The number of anilines is 2. The summed E-state index contributed by atoms with van der Waals surface area (Å²) < 4.78 is 0. The van der Waals surface area contributed by atoms with E-state index < -0.39 is 0 Å². The van der Waals surface area contributed by atoms with Crippen molar-refractivity contribution in [3.8, 4) is 0 Å². The Hall–Kier alpha value is -2.63. The smallest absolute Gasteiger partial charge is 0.274 e. The molecule has 0 amide bonds. The van der Waals surface area contributed by atoms with Crippen LogP contribution in [-0.4, -0.2) is 9.91 Å². The van der Waals surface area contributed by atoms with E-state index in [0.717, 1.165) is 5.56 Å². The number of nitro groups is 1. The second-order valence-electron chi connectivity index (χ2n) is 4.17. The predicted octanol–water partition coefficient (Wildman–Crippen LogP) is 2.49. The molecule has 2 aromatic rings. The van der Waals surface area contributed by atoms with Crippen LogP contribution in [0, 0.1) is 17.0 Å². The third-order valence-electron chi connectivity index (χ3n) is 2.73. The number of aryl methyl sites for hydroxylation is 1. The normalized spacial score (nSPS) is 10.2. The summed E-state index contributed by atoms with van der Waals surface area (Å²) in [5.74, 6) is 0.673. The van der Waals surface area contributed by atoms with Gasteiger partial charge in [-0.25, -0.2) is 4.98 Å². The summed E-state index contributed by atoms with van der Waals surface area (Å²) in [6.07, 6.45) is 1.55. The van der Waals surface area contributed by atoms with Crippen LogP contribution in [0.1, 0.15) is 11.1 Å². The van der Waals surface area contributed by atoms with Crippen LogP contribution in [0.25, 0.3) is 0 Å². The van der Waals surface area contributed by atoms with Gasteiger partial charge in [-0.1, -0.05) is 18.2 Å². The second kappa shape index (κ2) is 5.34. The van der Waals surface area contributed by atoms with Crippen LogP contribution in [-0.2, 0) is 6.54 Å². The van der Waals surface area contributed by atoms with E-state index in [1.165, 1.54) is 6.07 Å². The van der Waals surface area contributed by atoms with Crippen molar-refractivity contribution in [2.75, 3.05) is 11.1 Å². The van der Waals surface area contributed by atoms with Crippen molar-refractivity contribution < 1.29 is 4.92 Å². The van der Waals surface area contributed by atoms with Crippen molar-refractivity contribution in [3.05, 3.63) is 57.8 Å². The number of rotatable bonds is 4. The molecule has 0 aliphatic carbocycles. The van der Waals surface area contributed by atoms with Crippen LogP contribution in [0.4, 0.5) is 17.2 Å². The number of nitrogens with two attached hydrogens (primary N) is 1. The maximum Gasteiger partial charge on any atom is 0.274 e. The number of para-hydroxylation sites is 1. The van der Waals surface area contributed by atoms with Gasteiger partial charge in [0, 0.05) is 18.2 Å². The molecule has 2 rings (SSSR count). The first-order chi connectivity index (χ1) is 9.08. The number of nitrogens with zero attached hydrogens (tertiary/aromatic N) is 2. The van der Waals surface area contributed by atoms with E-state index in [1.54, 1.807) is 30.5 Å². The molecule has 1 heterocycles.